The van der Waals surface area contributed by atoms with E-state index in [9.17, 15) is 4.79 Å². The number of fused-ring (bicyclic) bond motifs is 2. The second kappa shape index (κ2) is 6.64. The van der Waals surface area contributed by atoms with Gasteiger partial charge in [-0.2, -0.15) is 0 Å². The van der Waals surface area contributed by atoms with E-state index in [0.29, 0.717) is 16.1 Å². The summed E-state index contributed by atoms with van der Waals surface area (Å²) in [6.07, 6.45) is 3.72. The number of piperidine rings is 1. The van der Waals surface area contributed by atoms with Crippen LogP contribution in [0.2, 0.25) is 10.0 Å². The first kappa shape index (κ1) is 17.7. The molecule has 0 radical (unpaired) electrons. The van der Waals surface area contributed by atoms with Crippen LogP contribution in [0.1, 0.15) is 46.5 Å². The smallest absolute Gasteiger partial charge is 0.410 e. The third-order valence-corrected chi connectivity index (χ3v) is 5.18. The summed E-state index contributed by atoms with van der Waals surface area (Å²) in [4.78, 5) is 14.4. The molecule has 2 saturated heterocycles. The van der Waals surface area contributed by atoms with Crippen LogP contribution in [-0.4, -0.2) is 34.7 Å². The van der Waals surface area contributed by atoms with Crippen molar-refractivity contribution in [3.63, 3.8) is 0 Å². The molecular weight excluding hydrogens is 347 g/mol. The van der Waals surface area contributed by atoms with Gasteiger partial charge < -0.3 is 15.0 Å². The van der Waals surface area contributed by atoms with Gasteiger partial charge in [0.05, 0.1) is 10.7 Å². The number of ether oxygens (including phenoxy) is 1. The molecule has 2 heterocycles. The van der Waals surface area contributed by atoms with Crippen LogP contribution in [0.15, 0.2) is 18.2 Å². The number of nitrogens with one attached hydrogen (secondary N) is 1. The SMILES string of the molecule is CC(C)(C)OC(=O)N1C2CCC1CC(Nc1ccc(Cl)cc1Cl)C2. The van der Waals surface area contributed by atoms with Gasteiger partial charge in [0.2, 0.25) is 0 Å². The first-order chi connectivity index (χ1) is 11.2. The zero-order valence-electron chi connectivity index (χ0n) is 14.3. The maximum atomic E-state index is 12.5. The minimum atomic E-state index is -0.456. The van der Waals surface area contributed by atoms with E-state index in [4.69, 9.17) is 27.9 Å². The van der Waals surface area contributed by atoms with Crippen LogP contribution >= 0.6 is 23.2 Å². The molecule has 4 nitrogen and oxygen atoms in total. The van der Waals surface area contributed by atoms with E-state index >= 15 is 0 Å². The molecule has 24 heavy (non-hydrogen) atoms. The molecular formula is C18H24Cl2N2O2. The number of amides is 1. The summed E-state index contributed by atoms with van der Waals surface area (Å²) in [6.45, 7) is 5.72. The Morgan fingerprint density at radius 2 is 1.83 bits per heavy atom. The average Bonchev–Trinajstić information content (AvgIpc) is 2.72. The van der Waals surface area contributed by atoms with Gasteiger partial charge in [-0.15, -0.1) is 0 Å². The lowest BCUT2D eigenvalue weighted by molar-refractivity contribution is 0.00684. The molecule has 132 valence electrons. The fourth-order valence-corrected chi connectivity index (χ4v) is 4.20. The van der Waals surface area contributed by atoms with E-state index in [1.54, 1.807) is 6.07 Å². The maximum absolute atomic E-state index is 12.5. The topological polar surface area (TPSA) is 41.6 Å². The standard InChI is InChI=1S/C18H24Cl2N2O2/c1-18(2,3)24-17(23)22-13-5-6-14(22)10-12(9-13)21-16-7-4-11(19)8-15(16)20/h4,7-8,12-14,21H,5-6,9-10H2,1-3H3. The number of hydrogen-bond acceptors (Lipinski definition) is 3. The molecule has 0 saturated carbocycles. The lowest BCUT2D eigenvalue weighted by Gasteiger charge is -2.40. The average molecular weight is 371 g/mol. The van der Waals surface area contributed by atoms with Gasteiger partial charge in [-0.25, -0.2) is 4.79 Å². The van der Waals surface area contributed by atoms with Crippen molar-refractivity contribution in [2.45, 2.75) is 70.2 Å². The highest BCUT2D eigenvalue weighted by molar-refractivity contribution is 6.36. The predicted molar refractivity (Wildman–Crippen MR) is 98.0 cm³/mol. The highest BCUT2D eigenvalue weighted by Crippen LogP contribution is 2.38. The molecule has 0 aliphatic carbocycles. The molecule has 2 unspecified atom stereocenters. The van der Waals surface area contributed by atoms with Gasteiger partial charge in [0.25, 0.3) is 0 Å². The normalized spacial score (nSPS) is 26.4. The summed E-state index contributed by atoms with van der Waals surface area (Å²) in [5.74, 6) is 0. The van der Waals surface area contributed by atoms with Crippen LogP contribution in [0.25, 0.3) is 0 Å². The summed E-state index contributed by atoms with van der Waals surface area (Å²) in [5.41, 5.74) is 0.443. The van der Waals surface area contributed by atoms with Gasteiger partial charge in [-0.05, 0) is 64.7 Å². The maximum Gasteiger partial charge on any atom is 0.410 e. The number of rotatable bonds is 2. The number of halogens is 2. The van der Waals surface area contributed by atoms with E-state index in [2.05, 4.69) is 5.32 Å². The lowest BCUT2D eigenvalue weighted by atomic mass is 9.97. The molecule has 0 aromatic heterocycles. The first-order valence-electron chi connectivity index (χ1n) is 8.46. The van der Waals surface area contributed by atoms with E-state index in [1.807, 2.05) is 37.8 Å². The van der Waals surface area contributed by atoms with Crippen molar-refractivity contribution in [3.05, 3.63) is 28.2 Å². The third-order valence-electron chi connectivity index (χ3n) is 4.63. The molecule has 2 atom stereocenters. The van der Waals surface area contributed by atoms with Crippen LogP contribution in [0, 0.1) is 0 Å². The van der Waals surface area contributed by atoms with Crippen molar-refractivity contribution >= 4 is 35.0 Å². The second-order valence-electron chi connectivity index (χ2n) is 7.71. The largest absolute Gasteiger partial charge is 0.444 e. The fraction of sp³-hybridized carbons (Fsp3) is 0.611. The van der Waals surface area contributed by atoms with E-state index in [1.165, 1.54) is 0 Å². The van der Waals surface area contributed by atoms with Crippen LogP contribution in [0.5, 0.6) is 0 Å². The van der Waals surface area contributed by atoms with E-state index in [0.717, 1.165) is 31.4 Å². The Balaban J connectivity index is 1.66. The summed E-state index contributed by atoms with van der Waals surface area (Å²) in [5, 5.41) is 4.77. The minimum Gasteiger partial charge on any atom is -0.444 e. The predicted octanol–water partition coefficient (Wildman–Crippen LogP) is 5.34. The molecule has 6 heteroatoms. The number of carbonyl (C=O) groups excluding carboxylic acids is 1. The Labute approximate surface area is 153 Å². The Bertz CT molecular complexity index is 616. The zero-order chi connectivity index (χ0) is 17.5. The highest BCUT2D eigenvalue weighted by Gasteiger charge is 2.44. The number of hydrogen-bond donors (Lipinski definition) is 1. The minimum absolute atomic E-state index is 0.182. The summed E-state index contributed by atoms with van der Waals surface area (Å²) >= 11 is 12.2. The van der Waals surface area contributed by atoms with Crippen molar-refractivity contribution in [2.75, 3.05) is 5.32 Å². The second-order valence-corrected chi connectivity index (χ2v) is 8.55. The van der Waals surface area contributed by atoms with Crippen molar-refractivity contribution < 1.29 is 9.53 Å². The van der Waals surface area contributed by atoms with Gasteiger partial charge in [0.15, 0.2) is 0 Å². The number of anilines is 1. The Kier molecular flexibility index (Phi) is 4.89. The molecule has 1 N–H and O–H groups in total. The van der Waals surface area contributed by atoms with Crippen LogP contribution in [0.4, 0.5) is 10.5 Å². The summed E-state index contributed by atoms with van der Waals surface area (Å²) in [7, 11) is 0. The first-order valence-corrected chi connectivity index (χ1v) is 9.21. The monoisotopic (exact) mass is 370 g/mol. The van der Waals surface area contributed by atoms with Crippen molar-refractivity contribution in [2.24, 2.45) is 0 Å². The molecule has 1 amide bonds. The molecule has 2 aliphatic rings. The molecule has 2 fully saturated rings. The van der Waals surface area contributed by atoms with Crippen LogP contribution < -0.4 is 5.32 Å². The quantitative estimate of drug-likeness (QED) is 0.763. The number of carbonyl (C=O) groups is 1. The third kappa shape index (κ3) is 3.92. The molecule has 3 rings (SSSR count). The van der Waals surface area contributed by atoms with Crippen LogP contribution in [0.3, 0.4) is 0 Å². The van der Waals surface area contributed by atoms with Gasteiger partial charge in [-0.1, -0.05) is 23.2 Å². The Morgan fingerprint density at radius 1 is 1.21 bits per heavy atom. The van der Waals surface area contributed by atoms with Crippen LogP contribution in [-0.2, 0) is 4.74 Å². The Morgan fingerprint density at radius 3 is 2.38 bits per heavy atom. The van der Waals surface area contributed by atoms with Gasteiger partial charge in [0, 0.05) is 23.1 Å². The zero-order valence-corrected chi connectivity index (χ0v) is 15.8. The van der Waals surface area contributed by atoms with E-state index in [-0.39, 0.29) is 18.2 Å². The molecule has 0 spiro atoms. The van der Waals surface area contributed by atoms with E-state index < -0.39 is 5.60 Å². The molecule has 2 aliphatic heterocycles. The molecule has 2 bridgehead atoms. The molecule has 1 aromatic carbocycles. The lowest BCUT2D eigenvalue weighted by Crippen LogP contribution is -2.51. The summed E-state index contributed by atoms with van der Waals surface area (Å²) in [6, 6.07) is 6.27. The Hall–Kier alpha value is -1.13. The van der Waals surface area contributed by atoms with Gasteiger partial charge in [-0.3, -0.25) is 0 Å². The van der Waals surface area contributed by atoms with Crippen molar-refractivity contribution in [1.29, 1.82) is 0 Å². The highest BCUT2D eigenvalue weighted by atomic mass is 35.5. The van der Waals surface area contributed by atoms with Crippen molar-refractivity contribution in [3.8, 4) is 0 Å². The fourth-order valence-electron chi connectivity index (χ4n) is 3.73. The summed E-state index contributed by atoms with van der Waals surface area (Å²) < 4.78 is 5.57. The van der Waals surface area contributed by atoms with Gasteiger partial charge >= 0.3 is 6.09 Å². The number of benzene rings is 1. The van der Waals surface area contributed by atoms with Gasteiger partial charge in [0.1, 0.15) is 5.60 Å². The molecule has 1 aromatic rings. The van der Waals surface area contributed by atoms with Crippen molar-refractivity contribution in [1.82, 2.24) is 4.90 Å². The number of nitrogens with zero attached hydrogens (tertiary/aromatic N) is 1.